The van der Waals surface area contributed by atoms with Gasteiger partial charge in [0.2, 0.25) is 0 Å². The zero-order chi connectivity index (χ0) is 27.1. The average Bonchev–Trinajstić information content (AvgIpc) is 3.35. The predicted molar refractivity (Wildman–Crippen MR) is 134 cm³/mol. The standard InChI is InChI=1S/C29H26F4N2O3/c1-37-25-10-4-7-22(15-25)18-35(17-21-6-3-9-24(30)14-21)19-26-11-12-27(38-26)28(36)34-16-20-5-2-8-23(13-20)29(31,32)33/h2-15H,16-19H2,1H3,(H,34,36). The Kier molecular flexibility index (Phi) is 8.48. The maximum atomic E-state index is 13.8. The number of nitrogens with zero attached hydrogens (tertiary/aromatic N) is 1. The lowest BCUT2D eigenvalue weighted by Gasteiger charge is -2.22. The molecule has 1 amide bonds. The first-order chi connectivity index (χ1) is 18.2. The predicted octanol–water partition coefficient (Wildman–Crippen LogP) is 6.58. The lowest BCUT2D eigenvalue weighted by molar-refractivity contribution is -0.137. The van der Waals surface area contributed by atoms with Crippen molar-refractivity contribution in [3.05, 3.63) is 125 Å². The third-order valence-electron chi connectivity index (χ3n) is 5.81. The summed E-state index contributed by atoms with van der Waals surface area (Å²) in [6.45, 7) is 1.17. The highest BCUT2D eigenvalue weighted by Gasteiger charge is 2.30. The Morgan fingerprint density at radius 3 is 2.26 bits per heavy atom. The van der Waals surface area contributed by atoms with Crippen LogP contribution in [-0.4, -0.2) is 17.9 Å². The van der Waals surface area contributed by atoms with Crippen molar-refractivity contribution in [2.75, 3.05) is 7.11 Å². The smallest absolute Gasteiger partial charge is 0.416 e. The number of hydrogen-bond donors (Lipinski definition) is 1. The topological polar surface area (TPSA) is 54.7 Å². The highest BCUT2D eigenvalue weighted by atomic mass is 19.4. The van der Waals surface area contributed by atoms with Crippen LogP contribution in [0.1, 0.15) is 38.6 Å². The second-order valence-electron chi connectivity index (χ2n) is 8.77. The van der Waals surface area contributed by atoms with Gasteiger partial charge < -0.3 is 14.5 Å². The summed E-state index contributed by atoms with van der Waals surface area (Å²) in [5.41, 5.74) is 1.29. The summed E-state index contributed by atoms with van der Waals surface area (Å²) >= 11 is 0. The summed E-state index contributed by atoms with van der Waals surface area (Å²) in [5, 5.41) is 2.59. The number of halogens is 4. The lowest BCUT2D eigenvalue weighted by atomic mass is 10.1. The molecule has 4 aromatic rings. The fourth-order valence-electron chi connectivity index (χ4n) is 4.02. The van der Waals surface area contributed by atoms with Crippen LogP contribution in [0.5, 0.6) is 5.75 Å². The molecule has 0 spiro atoms. The normalized spacial score (nSPS) is 11.5. The van der Waals surface area contributed by atoms with Gasteiger partial charge >= 0.3 is 6.18 Å². The van der Waals surface area contributed by atoms with Crippen molar-refractivity contribution in [1.82, 2.24) is 10.2 Å². The number of hydrogen-bond acceptors (Lipinski definition) is 4. The minimum Gasteiger partial charge on any atom is -0.497 e. The number of rotatable bonds is 10. The van der Waals surface area contributed by atoms with Crippen LogP contribution >= 0.6 is 0 Å². The van der Waals surface area contributed by atoms with E-state index in [1.807, 2.05) is 35.2 Å². The minimum absolute atomic E-state index is 0.0408. The Morgan fingerprint density at radius 1 is 0.868 bits per heavy atom. The first-order valence-corrected chi connectivity index (χ1v) is 11.8. The van der Waals surface area contributed by atoms with E-state index in [0.29, 0.717) is 36.7 Å². The number of methoxy groups -OCH3 is 1. The molecule has 0 saturated heterocycles. The van der Waals surface area contributed by atoms with Gasteiger partial charge in [-0.15, -0.1) is 0 Å². The van der Waals surface area contributed by atoms with E-state index >= 15 is 0 Å². The average molecular weight is 527 g/mol. The zero-order valence-corrected chi connectivity index (χ0v) is 20.6. The van der Waals surface area contributed by atoms with Gasteiger partial charge in [-0.05, 0) is 65.2 Å². The third kappa shape index (κ3) is 7.45. The molecule has 0 fully saturated rings. The summed E-state index contributed by atoms with van der Waals surface area (Å²) in [5.74, 6) is 0.387. The molecular weight excluding hydrogens is 500 g/mol. The molecule has 0 unspecified atom stereocenters. The van der Waals surface area contributed by atoms with E-state index < -0.39 is 17.6 Å². The van der Waals surface area contributed by atoms with Crippen molar-refractivity contribution < 1.29 is 31.5 Å². The molecule has 3 aromatic carbocycles. The molecule has 0 bridgehead atoms. The molecule has 4 rings (SSSR count). The SMILES string of the molecule is COc1cccc(CN(Cc2cccc(F)c2)Cc2ccc(C(=O)NCc3cccc(C(F)(F)F)c3)o2)c1. The molecule has 1 N–H and O–H groups in total. The molecule has 0 aliphatic heterocycles. The van der Waals surface area contributed by atoms with Crippen LogP contribution in [0.3, 0.4) is 0 Å². The van der Waals surface area contributed by atoms with Crippen LogP contribution in [0.2, 0.25) is 0 Å². The number of amides is 1. The number of carbonyl (C=O) groups is 1. The molecule has 0 aliphatic rings. The summed E-state index contributed by atoms with van der Waals surface area (Å²) in [4.78, 5) is 14.6. The van der Waals surface area contributed by atoms with E-state index in [4.69, 9.17) is 9.15 Å². The number of alkyl halides is 3. The van der Waals surface area contributed by atoms with Gasteiger partial charge in [0.15, 0.2) is 5.76 Å². The van der Waals surface area contributed by atoms with Crippen LogP contribution < -0.4 is 10.1 Å². The monoisotopic (exact) mass is 526 g/mol. The van der Waals surface area contributed by atoms with E-state index in [2.05, 4.69) is 5.32 Å². The molecule has 38 heavy (non-hydrogen) atoms. The number of furan rings is 1. The van der Waals surface area contributed by atoms with Gasteiger partial charge in [0.25, 0.3) is 5.91 Å². The molecule has 0 radical (unpaired) electrons. The van der Waals surface area contributed by atoms with E-state index in [-0.39, 0.29) is 18.1 Å². The third-order valence-corrected chi connectivity index (χ3v) is 5.81. The van der Waals surface area contributed by atoms with Crippen LogP contribution in [0, 0.1) is 5.82 Å². The molecule has 5 nitrogen and oxygen atoms in total. The maximum Gasteiger partial charge on any atom is 0.416 e. The Balaban J connectivity index is 1.44. The summed E-state index contributed by atoms with van der Waals surface area (Å²) < 4.78 is 63.7. The summed E-state index contributed by atoms with van der Waals surface area (Å²) in [6, 6.07) is 21.9. The molecule has 9 heteroatoms. The number of carbonyl (C=O) groups excluding carboxylic acids is 1. The zero-order valence-electron chi connectivity index (χ0n) is 20.6. The molecule has 198 valence electrons. The van der Waals surface area contributed by atoms with Gasteiger partial charge in [-0.1, -0.05) is 36.4 Å². The van der Waals surface area contributed by atoms with Crippen LogP contribution in [0.15, 0.2) is 89.3 Å². The largest absolute Gasteiger partial charge is 0.497 e. The second kappa shape index (κ2) is 12.0. The molecule has 0 saturated carbocycles. The summed E-state index contributed by atoms with van der Waals surface area (Å²) in [7, 11) is 1.59. The first-order valence-electron chi connectivity index (χ1n) is 11.8. The van der Waals surface area contributed by atoms with Gasteiger partial charge in [0.1, 0.15) is 17.3 Å². The quantitative estimate of drug-likeness (QED) is 0.237. The van der Waals surface area contributed by atoms with Gasteiger partial charge in [-0.2, -0.15) is 13.2 Å². The number of benzene rings is 3. The molecule has 1 heterocycles. The van der Waals surface area contributed by atoms with Crippen LogP contribution in [-0.2, 0) is 32.4 Å². The highest BCUT2D eigenvalue weighted by molar-refractivity contribution is 5.91. The fourth-order valence-corrected chi connectivity index (χ4v) is 4.02. The molecule has 0 atom stereocenters. The number of nitrogens with one attached hydrogen (secondary N) is 1. The first kappa shape index (κ1) is 26.9. The van der Waals surface area contributed by atoms with Gasteiger partial charge in [-0.3, -0.25) is 9.69 Å². The molecular formula is C29H26F4N2O3. The van der Waals surface area contributed by atoms with Crippen molar-refractivity contribution in [3.63, 3.8) is 0 Å². The molecule has 0 aliphatic carbocycles. The second-order valence-corrected chi connectivity index (χ2v) is 8.77. The Labute approximate surface area is 217 Å². The van der Waals surface area contributed by atoms with E-state index in [1.54, 1.807) is 19.2 Å². The highest BCUT2D eigenvalue weighted by Crippen LogP contribution is 2.29. The van der Waals surface area contributed by atoms with Crippen LogP contribution in [0.25, 0.3) is 0 Å². The van der Waals surface area contributed by atoms with Gasteiger partial charge in [0.05, 0.1) is 19.2 Å². The molecule has 1 aromatic heterocycles. The van der Waals surface area contributed by atoms with E-state index in [1.165, 1.54) is 30.3 Å². The Hall–Kier alpha value is -4.11. The van der Waals surface area contributed by atoms with Crippen molar-refractivity contribution in [2.45, 2.75) is 32.4 Å². The minimum atomic E-state index is -4.46. The number of ether oxygens (including phenoxy) is 1. The van der Waals surface area contributed by atoms with Crippen molar-refractivity contribution in [3.8, 4) is 5.75 Å². The maximum absolute atomic E-state index is 13.8. The van der Waals surface area contributed by atoms with Gasteiger partial charge in [0, 0.05) is 19.6 Å². The fraction of sp³-hybridized carbons (Fsp3) is 0.207. The Morgan fingerprint density at radius 2 is 1.55 bits per heavy atom. The van der Waals surface area contributed by atoms with Gasteiger partial charge in [-0.25, -0.2) is 4.39 Å². The van der Waals surface area contributed by atoms with Crippen molar-refractivity contribution >= 4 is 5.91 Å². The summed E-state index contributed by atoms with van der Waals surface area (Å²) in [6.07, 6.45) is -4.46. The Bertz CT molecular complexity index is 1380. The lowest BCUT2D eigenvalue weighted by Crippen LogP contribution is -2.23. The van der Waals surface area contributed by atoms with E-state index in [0.717, 1.165) is 23.3 Å². The van der Waals surface area contributed by atoms with Crippen molar-refractivity contribution in [1.29, 1.82) is 0 Å². The van der Waals surface area contributed by atoms with E-state index in [9.17, 15) is 22.4 Å². The van der Waals surface area contributed by atoms with Crippen molar-refractivity contribution in [2.24, 2.45) is 0 Å². The van der Waals surface area contributed by atoms with Crippen LogP contribution in [0.4, 0.5) is 17.6 Å².